The molecule has 1 aliphatic heterocycles. The molecule has 0 bridgehead atoms. The average molecular weight is 310 g/mol. The molecule has 2 N–H and O–H groups in total. The van der Waals surface area contributed by atoms with Crippen LogP contribution in [0.3, 0.4) is 0 Å². The second-order valence-electron chi connectivity index (χ2n) is 7.03. The highest BCUT2D eigenvalue weighted by Crippen LogP contribution is 2.33. The van der Waals surface area contributed by atoms with Crippen LogP contribution in [0.5, 0.6) is 0 Å². The zero-order valence-electron chi connectivity index (χ0n) is 14.5. The number of ether oxygens (including phenoxy) is 1. The van der Waals surface area contributed by atoms with Gasteiger partial charge >= 0.3 is 0 Å². The van der Waals surface area contributed by atoms with Gasteiger partial charge < -0.3 is 15.4 Å². The first kappa shape index (κ1) is 17.5. The van der Waals surface area contributed by atoms with Crippen LogP contribution in [0.15, 0.2) is 4.99 Å². The average Bonchev–Trinajstić information content (AvgIpc) is 2.77. The van der Waals surface area contributed by atoms with Crippen molar-refractivity contribution in [2.24, 2.45) is 10.4 Å². The molecule has 0 spiro atoms. The highest BCUT2D eigenvalue weighted by Gasteiger charge is 2.25. The third kappa shape index (κ3) is 6.13. The molecule has 0 aromatic rings. The number of morpholine rings is 1. The third-order valence-electron chi connectivity index (χ3n) is 5.04. The first-order chi connectivity index (χ1) is 10.7. The van der Waals surface area contributed by atoms with Crippen LogP contribution in [0.1, 0.15) is 45.4 Å². The molecule has 1 heterocycles. The summed E-state index contributed by atoms with van der Waals surface area (Å²) in [6.07, 6.45) is 8.24. The summed E-state index contributed by atoms with van der Waals surface area (Å²) >= 11 is 0. The Kier molecular flexibility index (Phi) is 7.46. The van der Waals surface area contributed by atoms with Gasteiger partial charge in [0, 0.05) is 39.8 Å². The van der Waals surface area contributed by atoms with E-state index >= 15 is 0 Å². The van der Waals surface area contributed by atoms with E-state index in [-0.39, 0.29) is 0 Å². The van der Waals surface area contributed by atoms with E-state index in [4.69, 9.17) is 4.74 Å². The van der Waals surface area contributed by atoms with Gasteiger partial charge in [-0.25, -0.2) is 0 Å². The summed E-state index contributed by atoms with van der Waals surface area (Å²) in [5.41, 5.74) is 0.429. The fraction of sp³-hybridized carbons (Fsp3) is 0.941. The molecule has 128 valence electrons. The molecule has 0 amide bonds. The molecule has 0 atom stereocenters. The van der Waals surface area contributed by atoms with Crippen molar-refractivity contribution in [2.45, 2.75) is 45.4 Å². The van der Waals surface area contributed by atoms with Crippen molar-refractivity contribution in [3.8, 4) is 0 Å². The van der Waals surface area contributed by atoms with Crippen molar-refractivity contribution in [3.63, 3.8) is 0 Å². The predicted molar refractivity (Wildman–Crippen MR) is 92.4 cm³/mol. The Balaban J connectivity index is 1.65. The standard InChI is InChI=1S/C17H34N4O/c1-17(7-5-3-4-6-8-17)15-20-16(18-2)19-9-10-21-11-13-22-14-12-21/h3-15H2,1-2H3,(H2,18,19,20). The zero-order chi connectivity index (χ0) is 15.7. The van der Waals surface area contributed by atoms with E-state index in [1.54, 1.807) is 0 Å². The van der Waals surface area contributed by atoms with Gasteiger partial charge in [-0.1, -0.05) is 32.6 Å². The van der Waals surface area contributed by atoms with Gasteiger partial charge in [0.1, 0.15) is 0 Å². The molecule has 0 aromatic heterocycles. The summed E-state index contributed by atoms with van der Waals surface area (Å²) in [4.78, 5) is 6.80. The van der Waals surface area contributed by atoms with Crippen molar-refractivity contribution in [2.75, 3.05) is 53.0 Å². The van der Waals surface area contributed by atoms with Gasteiger partial charge in [-0.2, -0.15) is 0 Å². The summed E-state index contributed by atoms with van der Waals surface area (Å²) in [5.74, 6) is 0.943. The van der Waals surface area contributed by atoms with Gasteiger partial charge in [-0.15, -0.1) is 0 Å². The molecular formula is C17H34N4O. The number of aliphatic imine (C=N–C) groups is 1. The van der Waals surface area contributed by atoms with E-state index in [2.05, 4.69) is 27.4 Å². The van der Waals surface area contributed by atoms with Crippen LogP contribution < -0.4 is 10.6 Å². The van der Waals surface area contributed by atoms with Crippen LogP contribution in [0.25, 0.3) is 0 Å². The van der Waals surface area contributed by atoms with Crippen LogP contribution in [-0.4, -0.2) is 63.8 Å². The maximum atomic E-state index is 5.38. The summed E-state index contributed by atoms with van der Waals surface area (Å²) in [6.45, 7) is 9.28. The van der Waals surface area contributed by atoms with Crippen LogP contribution in [-0.2, 0) is 4.74 Å². The highest BCUT2D eigenvalue weighted by molar-refractivity contribution is 5.79. The Labute approximate surface area is 135 Å². The van der Waals surface area contributed by atoms with Crippen LogP contribution >= 0.6 is 0 Å². The molecule has 2 aliphatic rings. The van der Waals surface area contributed by atoms with Gasteiger partial charge in [0.15, 0.2) is 5.96 Å². The molecule has 5 heteroatoms. The van der Waals surface area contributed by atoms with E-state index in [0.29, 0.717) is 5.41 Å². The monoisotopic (exact) mass is 310 g/mol. The third-order valence-corrected chi connectivity index (χ3v) is 5.04. The minimum absolute atomic E-state index is 0.429. The van der Waals surface area contributed by atoms with E-state index in [9.17, 15) is 0 Å². The van der Waals surface area contributed by atoms with E-state index < -0.39 is 0 Å². The lowest BCUT2D eigenvalue weighted by Crippen LogP contribution is -2.46. The van der Waals surface area contributed by atoms with Crippen molar-refractivity contribution in [3.05, 3.63) is 0 Å². The van der Waals surface area contributed by atoms with Crippen LogP contribution in [0.4, 0.5) is 0 Å². The molecule has 1 saturated heterocycles. The zero-order valence-corrected chi connectivity index (χ0v) is 14.5. The number of rotatable bonds is 5. The SMILES string of the molecule is CN=C(NCCN1CCOCC1)NCC1(C)CCCCCC1. The van der Waals surface area contributed by atoms with Gasteiger partial charge in [0.2, 0.25) is 0 Å². The van der Waals surface area contributed by atoms with Gasteiger partial charge in [-0.3, -0.25) is 9.89 Å². The summed E-state index contributed by atoms with van der Waals surface area (Å²) in [7, 11) is 1.86. The second-order valence-corrected chi connectivity index (χ2v) is 7.03. The Morgan fingerprint density at radius 3 is 2.41 bits per heavy atom. The van der Waals surface area contributed by atoms with Crippen LogP contribution in [0, 0.1) is 5.41 Å². The number of hydrogen-bond donors (Lipinski definition) is 2. The maximum absolute atomic E-state index is 5.38. The normalized spacial score (nSPS) is 23.8. The lowest BCUT2D eigenvalue weighted by atomic mass is 9.82. The summed E-state index contributed by atoms with van der Waals surface area (Å²) in [6, 6.07) is 0. The maximum Gasteiger partial charge on any atom is 0.191 e. The largest absolute Gasteiger partial charge is 0.379 e. The Hall–Kier alpha value is -0.810. The molecule has 5 nitrogen and oxygen atoms in total. The predicted octanol–water partition coefficient (Wildman–Crippen LogP) is 1.84. The minimum atomic E-state index is 0.429. The number of guanidine groups is 1. The molecule has 0 radical (unpaired) electrons. The molecule has 0 aromatic carbocycles. The first-order valence-electron chi connectivity index (χ1n) is 8.96. The van der Waals surface area contributed by atoms with Gasteiger partial charge in [0.25, 0.3) is 0 Å². The number of nitrogens with one attached hydrogen (secondary N) is 2. The van der Waals surface area contributed by atoms with E-state index in [1.165, 1.54) is 38.5 Å². The second kappa shape index (κ2) is 9.36. The summed E-state index contributed by atoms with van der Waals surface area (Å²) in [5, 5.41) is 6.99. The highest BCUT2D eigenvalue weighted by atomic mass is 16.5. The summed E-state index contributed by atoms with van der Waals surface area (Å²) < 4.78 is 5.38. The van der Waals surface area contributed by atoms with Crippen molar-refractivity contribution in [1.82, 2.24) is 15.5 Å². The molecule has 22 heavy (non-hydrogen) atoms. The van der Waals surface area contributed by atoms with Crippen molar-refractivity contribution in [1.29, 1.82) is 0 Å². The molecule has 0 unspecified atom stereocenters. The minimum Gasteiger partial charge on any atom is -0.379 e. The molecule has 1 aliphatic carbocycles. The molecule has 2 fully saturated rings. The van der Waals surface area contributed by atoms with E-state index in [0.717, 1.165) is 51.9 Å². The van der Waals surface area contributed by atoms with Gasteiger partial charge in [-0.05, 0) is 18.3 Å². The number of hydrogen-bond acceptors (Lipinski definition) is 3. The quantitative estimate of drug-likeness (QED) is 0.462. The van der Waals surface area contributed by atoms with Crippen molar-refractivity contribution >= 4 is 5.96 Å². The first-order valence-corrected chi connectivity index (χ1v) is 8.96. The van der Waals surface area contributed by atoms with Crippen LogP contribution in [0.2, 0.25) is 0 Å². The smallest absolute Gasteiger partial charge is 0.191 e. The molecular weight excluding hydrogens is 276 g/mol. The molecule has 1 saturated carbocycles. The lowest BCUT2D eigenvalue weighted by Gasteiger charge is -2.30. The molecule has 2 rings (SSSR count). The topological polar surface area (TPSA) is 48.9 Å². The Morgan fingerprint density at radius 2 is 1.77 bits per heavy atom. The van der Waals surface area contributed by atoms with Crippen molar-refractivity contribution < 1.29 is 4.74 Å². The van der Waals surface area contributed by atoms with Gasteiger partial charge in [0.05, 0.1) is 13.2 Å². The number of nitrogens with zero attached hydrogens (tertiary/aromatic N) is 2. The van der Waals surface area contributed by atoms with E-state index in [1.807, 2.05) is 7.05 Å². The lowest BCUT2D eigenvalue weighted by molar-refractivity contribution is 0.0389. The Morgan fingerprint density at radius 1 is 1.09 bits per heavy atom. The fourth-order valence-corrected chi connectivity index (χ4v) is 3.43. The fourth-order valence-electron chi connectivity index (χ4n) is 3.43. The Bertz CT molecular complexity index is 332.